The van der Waals surface area contributed by atoms with Crippen LogP contribution in [0.3, 0.4) is 0 Å². The van der Waals surface area contributed by atoms with Gasteiger partial charge in [-0.15, -0.1) is 0 Å². The molecular weight excluding hydrogens is 330 g/mol. The Bertz CT molecular complexity index is 690. The number of aromatic nitrogens is 1. The van der Waals surface area contributed by atoms with Crippen LogP contribution in [0.2, 0.25) is 5.02 Å². The van der Waals surface area contributed by atoms with Crippen molar-refractivity contribution in [3.8, 4) is 0 Å². The lowest BCUT2D eigenvalue weighted by atomic mass is 10.0. The zero-order chi connectivity index (χ0) is 15.8. The fourth-order valence-electron chi connectivity index (χ4n) is 3.64. The van der Waals surface area contributed by atoms with Crippen LogP contribution in [0.1, 0.15) is 18.4 Å². The molecule has 124 valence electrons. The number of ether oxygens (including phenoxy) is 1. The Hall–Kier alpha value is -0.880. The Balaban J connectivity index is 1.46. The van der Waals surface area contributed by atoms with Crippen molar-refractivity contribution in [3.63, 3.8) is 0 Å². The Morgan fingerprint density at radius 1 is 1.17 bits per heavy atom. The Morgan fingerprint density at radius 2 is 1.91 bits per heavy atom. The van der Waals surface area contributed by atoms with Crippen molar-refractivity contribution in [1.29, 1.82) is 0 Å². The molecule has 1 aromatic carbocycles. The van der Waals surface area contributed by atoms with Gasteiger partial charge in [-0.3, -0.25) is 4.90 Å². The number of benzene rings is 1. The van der Waals surface area contributed by atoms with E-state index >= 15 is 0 Å². The fraction of sp³-hybridized carbons (Fsp3) is 0.588. The van der Waals surface area contributed by atoms with Crippen LogP contribution < -0.4 is 4.90 Å². The third-order valence-electron chi connectivity index (χ3n) is 4.94. The van der Waals surface area contributed by atoms with Gasteiger partial charge in [0.2, 0.25) is 0 Å². The first-order valence-electron chi connectivity index (χ1n) is 8.34. The number of anilines is 1. The molecule has 2 aliphatic heterocycles. The standard InChI is InChI=1S/C17H22ClN3OS/c1-12-10-13(18)11-15-16(12)19-17(23-15)21-4-2-14(3-5-21)20-6-8-22-9-7-20/h10-11,14H,2-9H2,1H3. The molecule has 0 radical (unpaired) electrons. The molecule has 0 atom stereocenters. The van der Waals surface area contributed by atoms with E-state index in [0.717, 1.165) is 55.1 Å². The highest BCUT2D eigenvalue weighted by molar-refractivity contribution is 7.22. The maximum atomic E-state index is 6.17. The van der Waals surface area contributed by atoms with Crippen molar-refractivity contribution in [2.75, 3.05) is 44.3 Å². The van der Waals surface area contributed by atoms with Gasteiger partial charge in [-0.1, -0.05) is 22.9 Å². The van der Waals surface area contributed by atoms with Crippen molar-refractivity contribution in [2.45, 2.75) is 25.8 Å². The summed E-state index contributed by atoms with van der Waals surface area (Å²) in [6.07, 6.45) is 2.44. The molecule has 2 aromatic rings. The Morgan fingerprint density at radius 3 is 2.65 bits per heavy atom. The van der Waals surface area contributed by atoms with Gasteiger partial charge >= 0.3 is 0 Å². The van der Waals surface area contributed by atoms with E-state index in [1.54, 1.807) is 11.3 Å². The second-order valence-corrected chi connectivity index (χ2v) is 7.88. The van der Waals surface area contributed by atoms with E-state index < -0.39 is 0 Å². The van der Waals surface area contributed by atoms with Crippen LogP contribution in [-0.4, -0.2) is 55.3 Å². The number of nitrogens with zero attached hydrogens (tertiary/aromatic N) is 3. The molecule has 0 spiro atoms. The molecule has 0 unspecified atom stereocenters. The summed E-state index contributed by atoms with van der Waals surface area (Å²) in [7, 11) is 0. The first-order valence-corrected chi connectivity index (χ1v) is 9.53. The third-order valence-corrected chi connectivity index (χ3v) is 6.22. The largest absolute Gasteiger partial charge is 0.379 e. The number of thiazole rings is 1. The van der Waals surface area contributed by atoms with Gasteiger partial charge in [-0.25, -0.2) is 4.98 Å². The number of hydrogen-bond acceptors (Lipinski definition) is 5. The number of morpholine rings is 1. The molecule has 3 heterocycles. The monoisotopic (exact) mass is 351 g/mol. The number of rotatable bonds is 2. The molecule has 0 amide bonds. The van der Waals surface area contributed by atoms with Gasteiger partial charge in [0.25, 0.3) is 0 Å². The lowest BCUT2D eigenvalue weighted by Crippen LogP contribution is -2.49. The average Bonchev–Trinajstić information content (AvgIpc) is 3.00. The van der Waals surface area contributed by atoms with E-state index in [4.69, 9.17) is 21.3 Å². The highest BCUT2D eigenvalue weighted by Crippen LogP contribution is 2.34. The van der Waals surface area contributed by atoms with Crippen molar-refractivity contribution >= 4 is 38.3 Å². The van der Waals surface area contributed by atoms with Crippen LogP contribution in [0.25, 0.3) is 10.2 Å². The zero-order valence-corrected chi connectivity index (χ0v) is 15.0. The molecule has 4 rings (SSSR count). The van der Waals surface area contributed by atoms with E-state index in [1.165, 1.54) is 23.1 Å². The predicted molar refractivity (Wildman–Crippen MR) is 97.0 cm³/mol. The lowest BCUT2D eigenvalue weighted by Gasteiger charge is -2.40. The second-order valence-electron chi connectivity index (χ2n) is 6.43. The van der Waals surface area contributed by atoms with Crippen LogP contribution in [0.4, 0.5) is 5.13 Å². The van der Waals surface area contributed by atoms with Gasteiger partial charge < -0.3 is 9.64 Å². The Labute approximate surface area is 146 Å². The lowest BCUT2D eigenvalue weighted by molar-refractivity contribution is 0.0115. The topological polar surface area (TPSA) is 28.6 Å². The molecule has 2 saturated heterocycles. The van der Waals surface area contributed by atoms with Gasteiger partial charge in [-0.2, -0.15) is 0 Å². The van der Waals surface area contributed by atoms with Crippen LogP contribution in [0.15, 0.2) is 12.1 Å². The van der Waals surface area contributed by atoms with E-state index in [2.05, 4.69) is 16.7 Å². The Kier molecular flexibility index (Phi) is 4.46. The second kappa shape index (κ2) is 6.55. The van der Waals surface area contributed by atoms with Gasteiger partial charge in [0.15, 0.2) is 5.13 Å². The average molecular weight is 352 g/mol. The minimum Gasteiger partial charge on any atom is -0.379 e. The first-order chi connectivity index (χ1) is 11.2. The maximum absolute atomic E-state index is 6.17. The molecule has 2 fully saturated rings. The quantitative estimate of drug-likeness (QED) is 0.827. The van der Waals surface area contributed by atoms with E-state index in [1.807, 2.05) is 12.1 Å². The molecule has 1 aromatic heterocycles. The number of aryl methyl sites for hydroxylation is 1. The first kappa shape index (κ1) is 15.6. The summed E-state index contributed by atoms with van der Waals surface area (Å²) in [6.45, 7) is 8.22. The fourth-order valence-corrected chi connectivity index (χ4v) is 5.11. The number of hydrogen-bond donors (Lipinski definition) is 0. The SMILES string of the molecule is Cc1cc(Cl)cc2sc(N3CCC(N4CCOCC4)CC3)nc12. The number of fused-ring (bicyclic) bond motifs is 1. The van der Waals surface area contributed by atoms with Crippen LogP contribution in [0, 0.1) is 6.92 Å². The summed E-state index contributed by atoms with van der Waals surface area (Å²) in [6, 6.07) is 4.74. The molecule has 6 heteroatoms. The van der Waals surface area contributed by atoms with Crippen LogP contribution in [-0.2, 0) is 4.74 Å². The highest BCUT2D eigenvalue weighted by atomic mass is 35.5. The minimum atomic E-state index is 0.709. The molecule has 2 aliphatic rings. The van der Waals surface area contributed by atoms with E-state index in [9.17, 15) is 0 Å². The summed E-state index contributed by atoms with van der Waals surface area (Å²) < 4.78 is 6.66. The zero-order valence-electron chi connectivity index (χ0n) is 13.4. The van der Waals surface area contributed by atoms with Gasteiger partial charge in [-0.05, 0) is 37.5 Å². The smallest absolute Gasteiger partial charge is 0.186 e. The van der Waals surface area contributed by atoms with Crippen LogP contribution >= 0.6 is 22.9 Å². The summed E-state index contributed by atoms with van der Waals surface area (Å²) in [5, 5.41) is 1.95. The minimum absolute atomic E-state index is 0.709. The van der Waals surface area contributed by atoms with Gasteiger partial charge in [0.1, 0.15) is 0 Å². The summed E-state index contributed by atoms with van der Waals surface area (Å²) in [4.78, 5) is 9.91. The normalized spacial score (nSPS) is 21.2. The summed E-state index contributed by atoms with van der Waals surface area (Å²) in [5.74, 6) is 0. The molecular formula is C17H22ClN3OS. The maximum Gasteiger partial charge on any atom is 0.186 e. The summed E-state index contributed by atoms with van der Waals surface area (Å²) >= 11 is 7.94. The van der Waals surface area contributed by atoms with E-state index in [-0.39, 0.29) is 0 Å². The molecule has 0 bridgehead atoms. The van der Waals surface area contributed by atoms with Gasteiger partial charge in [0, 0.05) is 37.2 Å². The molecule has 23 heavy (non-hydrogen) atoms. The number of piperidine rings is 1. The van der Waals surface area contributed by atoms with Gasteiger partial charge in [0.05, 0.1) is 23.4 Å². The third kappa shape index (κ3) is 3.20. The molecule has 0 saturated carbocycles. The molecule has 0 N–H and O–H groups in total. The van der Waals surface area contributed by atoms with E-state index in [0.29, 0.717) is 6.04 Å². The molecule has 4 nitrogen and oxygen atoms in total. The summed E-state index contributed by atoms with van der Waals surface area (Å²) in [5.41, 5.74) is 2.27. The van der Waals surface area contributed by atoms with Crippen LogP contribution in [0.5, 0.6) is 0 Å². The molecule has 0 aliphatic carbocycles. The van der Waals surface area contributed by atoms with Crippen molar-refractivity contribution < 1.29 is 4.74 Å². The highest BCUT2D eigenvalue weighted by Gasteiger charge is 2.27. The number of halogens is 1. The van der Waals surface area contributed by atoms with Crippen molar-refractivity contribution in [2.24, 2.45) is 0 Å². The van der Waals surface area contributed by atoms with Crippen molar-refractivity contribution in [1.82, 2.24) is 9.88 Å². The van der Waals surface area contributed by atoms with Crippen molar-refractivity contribution in [3.05, 3.63) is 22.7 Å². The predicted octanol–water partition coefficient (Wildman–Crippen LogP) is 3.56.